The number of rotatable bonds is 1. The van der Waals surface area contributed by atoms with Crippen molar-refractivity contribution in [3.63, 3.8) is 0 Å². The molecule has 0 spiro atoms. The van der Waals surface area contributed by atoms with E-state index in [0.717, 1.165) is 38.4 Å². The van der Waals surface area contributed by atoms with E-state index in [4.69, 9.17) is 20.4 Å². The number of halogens is 1. The van der Waals surface area contributed by atoms with Gasteiger partial charge in [-0.3, -0.25) is 0 Å². The van der Waals surface area contributed by atoms with Crippen molar-refractivity contribution in [3.05, 3.63) is 77.8 Å². The first-order valence-electron chi connectivity index (χ1n) is 8.67. The van der Waals surface area contributed by atoms with Crippen LogP contribution >= 0.6 is 11.6 Å². The van der Waals surface area contributed by atoms with Crippen molar-refractivity contribution in [1.29, 1.82) is 0 Å². The second-order valence-corrected chi connectivity index (χ2v) is 7.02. The fraction of sp³-hybridized carbons (Fsp3) is 0. The van der Waals surface area contributed by atoms with E-state index in [2.05, 4.69) is 29.2 Å². The summed E-state index contributed by atoms with van der Waals surface area (Å²) in [4.78, 5) is 4.67. The van der Waals surface area contributed by atoms with E-state index < -0.39 is 0 Å². The molecule has 2 heterocycles. The lowest BCUT2D eigenvalue weighted by molar-refractivity contribution is 0.620. The van der Waals surface area contributed by atoms with E-state index in [0.29, 0.717) is 16.5 Å². The van der Waals surface area contributed by atoms with E-state index in [9.17, 15) is 0 Å². The van der Waals surface area contributed by atoms with Crippen LogP contribution in [0.4, 0.5) is 0 Å². The van der Waals surface area contributed by atoms with Gasteiger partial charge in [-0.05, 0) is 35.0 Å². The van der Waals surface area contributed by atoms with Crippen molar-refractivity contribution in [2.75, 3.05) is 0 Å². The second kappa shape index (κ2) is 5.35. The number of furan rings is 1. The molecule has 0 aliphatic carbocycles. The lowest BCUT2D eigenvalue weighted by Crippen LogP contribution is -1.78. The molecule has 0 unspecified atom stereocenters. The third-order valence-electron chi connectivity index (χ3n) is 4.96. The average Bonchev–Trinajstić information content (AvgIpc) is 3.27. The zero-order chi connectivity index (χ0) is 18.0. The fourth-order valence-corrected chi connectivity index (χ4v) is 3.84. The molecule has 3 nitrogen and oxygen atoms in total. The zero-order valence-electron chi connectivity index (χ0n) is 14.1. The van der Waals surface area contributed by atoms with Crippen LogP contribution in [0.15, 0.2) is 81.6 Å². The smallest absolute Gasteiger partial charge is 0.227 e. The molecule has 0 radical (unpaired) electrons. The summed E-state index contributed by atoms with van der Waals surface area (Å²) in [6, 6.07) is 24.1. The summed E-state index contributed by atoms with van der Waals surface area (Å²) in [6.07, 6.45) is 0. The van der Waals surface area contributed by atoms with Gasteiger partial charge < -0.3 is 8.83 Å². The van der Waals surface area contributed by atoms with Gasteiger partial charge in [-0.1, -0.05) is 54.1 Å². The van der Waals surface area contributed by atoms with Crippen molar-refractivity contribution in [1.82, 2.24) is 4.98 Å². The zero-order valence-corrected chi connectivity index (χ0v) is 14.8. The first-order valence-corrected chi connectivity index (χ1v) is 9.04. The SMILES string of the molecule is Clc1cccc2c1oc1cc3nc(-c4ccc5ccccc5c4)oc3cc12. The molecule has 128 valence electrons. The van der Waals surface area contributed by atoms with Crippen molar-refractivity contribution < 1.29 is 8.83 Å². The number of benzene rings is 4. The molecule has 2 aromatic heterocycles. The molecule has 27 heavy (non-hydrogen) atoms. The van der Waals surface area contributed by atoms with Crippen LogP contribution in [0.5, 0.6) is 0 Å². The van der Waals surface area contributed by atoms with Gasteiger partial charge in [0.1, 0.15) is 11.1 Å². The molecular weight excluding hydrogens is 358 g/mol. The quantitative estimate of drug-likeness (QED) is 0.307. The minimum Gasteiger partial charge on any atom is -0.454 e. The number of fused-ring (bicyclic) bond motifs is 5. The number of nitrogens with zero attached hydrogens (tertiary/aromatic N) is 1. The van der Waals surface area contributed by atoms with E-state index >= 15 is 0 Å². The Kier molecular flexibility index (Phi) is 2.94. The monoisotopic (exact) mass is 369 g/mol. The molecule has 0 N–H and O–H groups in total. The Bertz CT molecular complexity index is 1490. The number of hydrogen-bond donors (Lipinski definition) is 0. The number of para-hydroxylation sites is 1. The Morgan fingerprint density at radius 3 is 2.52 bits per heavy atom. The summed E-state index contributed by atoms with van der Waals surface area (Å²) >= 11 is 6.25. The predicted octanol–water partition coefficient (Wildman–Crippen LogP) is 7.20. The normalized spacial score (nSPS) is 11.9. The summed E-state index contributed by atoms with van der Waals surface area (Å²) in [6.45, 7) is 0. The minimum atomic E-state index is 0.602. The molecule has 0 amide bonds. The van der Waals surface area contributed by atoms with Crippen LogP contribution < -0.4 is 0 Å². The average molecular weight is 370 g/mol. The fourth-order valence-electron chi connectivity index (χ4n) is 3.63. The van der Waals surface area contributed by atoms with Crippen LogP contribution in [0.25, 0.3) is 55.3 Å². The lowest BCUT2D eigenvalue weighted by Gasteiger charge is -1.99. The van der Waals surface area contributed by atoms with Gasteiger partial charge in [0.05, 0.1) is 5.02 Å². The van der Waals surface area contributed by atoms with E-state index in [1.807, 2.05) is 48.5 Å². The van der Waals surface area contributed by atoms with Crippen molar-refractivity contribution in [2.24, 2.45) is 0 Å². The summed E-state index contributed by atoms with van der Waals surface area (Å²) in [7, 11) is 0. The Labute approximate surface area is 158 Å². The third kappa shape index (κ3) is 2.19. The van der Waals surface area contributed by atoms with Crippen LogP contribution in [-0.4, -0.2) is 4.98 Å². The van der Waals surface area contributed by atoms with Crippen LogP contribution in [0.3, 0.4) is 0 Å². The second-order valence-electron chi connectivity index (χ2n) is 6.62. The standard InChI is InChI=1S/C23H12ClNO2/c24-18-7-3-6-16-17-11-21-19(12-20(17)26-22(16)18)25-23(27-21)15-9-8-13-4-1-2-5-14(13)10-15/h1-12H. The van der Waals surface area contributed by atoms with Gasteiger partial charge in [-0.15, -0.1) is 0 Å². The molecule has 6 rings (SSSR count). The van der Waals surface area contributed by atoms with E-state index in [1.54, 1.807) is 0 Å². The topological polar surface area (TPSA) is 39.2 Å². The minimum absolute atomic E-state index is 0.602. The van der Waals surface area contributed by atoms with Gasteiger partial charge in [0.2, 0.25) is 5.89 Å². The lowest BCUT2D eigenvalue weighted by atomic mass is 10.1. The maximum absolute atomic E-state index is 6.25. The Morgan fingerprint density at radius 2 is 1.59 bits per heavy atom. The van der Waals surface area contributed by atoms with Gasteiger partial charge >= 0.3 is 0 Å². The maximum atomic E-state index is 6.25. The molecule has 0 saturated heterocycles. The number of hydrogen-bond acceptors (Lipinski definition) is 3. The van der Waals surface area contributed by atoms with Crippen LogP contribution in [-0.2, 0) is 0 Å². The summed E-state index contributed by atoms with van der Waals surface area (Å²) in [5.41, 5.74) is 3.89. The van der Waals surface area contributed by atoms with Crippen LogP contribution in [0.1, 0.15) is 0 Å². The van der Waals surface area contributed by atoms with Crippen molar-refractivity contribution in [2.45, 2.75) is 0 Å². The maximum Gasteiger partial charge on any atom is 0.227 e. The number of aromatic nitrogens is 1. The highest BCUT2D eigenvalue weighted by Crippen LogP contribution is 2.36. The summed E-state index contributed by atoms with van der Waals surface area (Å²) in [5.74, 6) is 0.603. The molecule has 6 aromatic rings. The molecular formula is C23H12ClNO2. The molecule has 0 atom stereocenters. The van der Waals surface area contributed by atoms with Crippen molar-refractivity contribution in [3.8, 4) is 11.5 Å². The highest BCUT2D eigenvalue weighted by Gasteiger charge is 2.15. The Morgan fingerprint density at radius 1 is 0.704 bits per heavy atom. The predicted molar refractivity (Wildman–Crippen MR) is 109 cm³/mol. The van der Waals surface area contributed by atoms with Crippen molar-refractivity contribution >= 4 is 55.4 Å². The first kappa shape index (κ1) is 14.8. The molecule has 0 aliphatic heterocycles. The highest BCUT2D eigenvalue weighted by atomic mass is 35.5. The molecule has 0 saturated carbocycles. The largest absolute Gasteiger partial charge is 0.454 e. The van der Waals surface area contributed by atoms with Gasteiger partial charge in [0.15, 0.2) is 11.2 Å². The van der Waals surface area contributed by atoms with E-state index in [1.165, 1.54) is 5.39 Å². The molecule has 0 bridgehead atoms. The Hall–Kier alpha value is -3.30. The summed E-state index contributed by atoms with van der Waals surface area (Å²) in [5, 5.41) is 4.90. The third-order valence-corrected chi connectivity index (χ3v) is 5.25. The molecule has 4 aromatic carbocycles. The van der Waals surface area contributed by atoms with Gasteiger partial charge in [0, 0.05) is 22.4 Å². The van der Waals surface area contributed by atoms with Crippen LogP contribution in [0.2, 0.25) is 5.02 Å². The molecule has 4 heteroatoms. The first-order chi connectivity index (χ1) is 13.3. The van der Waals surface area contributed by atoms with Crippen LogP contribution in [0, 0.1) is 0 Å². The highest BCUT2D eigenvalue weighted by molar-refractivity contribution is 6.35. The molecule has 0 fully saturated rings. The van der Waals surface area contributed by atoms with Gasteiger partial charge in [0.25, 0.3) is 0 Å². The summed E-state index contributed by atoms with van der Waals surface area (Å²) < 4.78 is 12.0. The van der Waals surface area contributed by atoms with Gasteiger partial charge in [-0.2, -0.15) is 0 Å². The number of oxazole rings is 1. The molecule has 0 aliphatic rings. The Balaban J connectivity index is 1.58. The van der Waals surface area contributed by atoms with Gasteiger partial charge in [-0.25, -0.2) is 4.98 Å². The van der Waals surface area contributed by atoms with E-state index in [-0.39, 0.29) is 0 Å².